The summed E-state index contributed by atoms with van der Waals surface area (Å²) < 4.78 is 5.63. The van der Waals surface area contributed by atoms with Gasteiger partial charge in [0.15, 0.2) is 12.4 Å². The molecule has 5 heteroatoms. The van der Waals surface area contributed by atoms with Gasteiger partial charge in [-0.2, -0.15) is 0 Å². The van der Waals surface area contributed by atoms with E-state index in [2.05, 4.69) is 11.9 Å². The summed E-state index contributed by atoms with van der Waals surface area (Å²) in [5.74, 6) is 0.541. The predicted octanol–water partition coefficient (Wildman–Crippen LogP) is 2.85. The van der Waals surface area contributed by atoms with Crippen molar-refractivity contribution in [1.82, 2.24) is 9.80 Å². The Hall–Kier alpha value is -2.66. The molecular formula is C22H26N2O3. The normalized spacial score (nSPS) is 15.3. The maximum Gasteiger partial charge on any atom is 0.260 e. The van der Waals surface area contributed by atoms with Crippen molar-refractivity contribution in [3.63, 3.8) is 0 Å². The monoisotopic (exact) mass is 366 g/mol. The second-order valence-corrected chi connectivity index (χ2v) is 7.05. The molecule has 0 N–H and O–H groups in total. The van der Waals surface area contributed by atoms with E-state index in [0.29, 0.717) is 16.9 Å². The molecule has 3 rings (SSSR count). The predicted molar refractivity (Wildman–Crippen MR) is 105 cm³/mol. The fourth-order valence-electron chi connectivity index (χ4n) is 3.29. The van der Waals surface area contributed by atoms with Crippen LogP contribution in [0.15, 0.2) is 54.6 Å². The van der Waals surface area contributed by atoms with E-state index < -0.39 is 0 Å². The number of rotatable bonds is 6. The number of hydrogen-bond donors (Lipinski definition) is 0. The Kier molecular flexibility index (Phi) is 6.24. The van der Waals surface area contributed by atoms with E-state index >= 15 is 0 Å². The minimum absolute atomic E-state index is 0.00875. The zero-order valence-electron chi connectivity index (χ0n) is 15.9. The zero-order valence-corrected chi connectivity index (χ0v) is 15.9. The highest BCUT2D eigenvalue weighted by Crippen LogP contribution is 2.17. The Bertz CT molecular complexity index is 766. The molecule has 0 aliphatic carbocycles. The van der Waals surface area contributed by atoms with E-state index in [9.17, 15) is 9.59 Å². The van der Waals surface area contributed by atoms with Crippen LogP contribution in [0.25, 0.3) is 0 Å². The summed E-state index contributed by atoms with van der Waals surface area (Å²) >= 11 is 0. The van der Waals surface area contributed by atoms with E-state index in [4.69, 9.17) is 4.74 Å². The summed E-state index contributed by atoms with van der Waals surface area (Å²) in [6, 6.07) is 16.4. The molecule has 0 saturated carbocycles. The number of amides is 1. The van der Waals surface area contributed by atoms with Gasteiger partial charge in [0, 0.05) is 24.2 Å². The molecule has 1 heterocycles. The van der Waals surface area contributed by atoms with E-state index in [1.54, 1.807) is 41.3 Å². The van der Waals surface area contributed by atoms with Crippen LogP contribution in [0.2, 0.25) is 0 Å². The Morgan fingerprint density at radius 3 is 2.22 bits per heavy atom. The number of nitrogens with zero attached hydrogens (tertiary/aromatic N) is 2. The van der Waals surface area contributed by atoms with Crippen molar-refractivity contribution in [1.29, 1.82) is 0 Å². The van der Waals surface area contributed by atoms with Crippen LogP contribution in [0.1, 0.15) is 28.8 Å². The first-order valence-corrected chi connectivity index (χ1v) is 9.31. The van der Waals surface area contributed by atoms with Gasteiger partial charge >= 0.3 is 0 Å². The summed E-state index contributed by atoms with van der Waals surface area (Å²) in [7, 11) is 3.96. The number of ether oxygens (including phenoxy) is 1. The van der Waals surface area contributed by atoms with Crippen LogP contribution in [-0.2, 0) is 4.79 Å². The standard InChI is InChI=1S/C22H26N2O3/c1-23-14-12-19(13-15-23)24(2)21(25)16-27-20-10-8-18(9-11-20)22(26)17-6-4-3-5-7-17/h3-11,19H,12-16H2,1-2H3. The van der Waals surface area contributed by atoms with Gasteiger partial charge in [0.25, 0.3) is 5.91 Å². The van der Waals surface area contributed by atoms with Gasteiger partial charge in [-0.05, 0) is 57.2 Å². The van der Waals surface area contributed by atoms with Crippen LogP contribution in [-0.4, -0.2) is 61.3 Å². The van der Waals surface area contributed by atoms with E-state index in [1.807, 2.05) is 25.2 Å². The molecule has 1 aliphatic rings. The van der Waals surface area contributed by atoms with Crippen LogP contribution in [0.5, 0.6) is 5.75 Å². The van der Waals surface area contributed by atoms with Crippen molar-refractivity contribution in [2.24, 2.45) is 0 Å². The number of benzene rings is 2. The topological polar surface area (TPSA) is 49.9 Å². The van der Waals surface area contributed by atoms with Crippen molar-refractivity contribution in [2.45, 2.75) is 18.9 Å². The lowest BCUT2D eigenvalue weighted by molar-refractivity contribution is -0.135. The first kappa shape index (κ1) is 19.1. The second kappa shape index (κ2) is 8.82. The fourth-order valence-corrected chi connectivity index (χ4v) is 3.29. The molecule has 0 bridgehead atoms. The van der Waals surface area contributed by atoms with E-state index in [0.717, 1.165) is 25.9 Å². The van der Waals surface area contributed by atoms with Crippen molar-refractivity contribution >= 4 is 11.7 Å². The Morgan fingerprint density at radius 1 is 1.00 bits per heavy atom. The number of likely N-dealkylation sites (N-methyl/N-ethyl adjacent to an activating group) is 1. The third-order valence-electron chi connectivity index (χ3n) is 5.14. The highest BCUT2D eigenvalue weighted by atomic mass is 16.5. The van der Waals surface area contributed by atoms with Gasteiger partial charge in [0.2, 0.25) is 0 Å². The van der Waals surface area contributed by atoms with Crippen LogP contribution < -0.4 is 4.74 Å². The molecule has 142 valence electrons. The highest BCUT2D eigenvalue weighted by Gasteiger charge is 2.24. The lowest BCUT2D eigenvalue weighted by Crippen LogP contribution is -2.45. The summed E-state index contributed by atoms with van der Waals surface area (Å²) in [4.78, 5) is 28.9. The van der Waals surface area contributed by atoms with Crippen LogP contribution in [0.4, 0.5) is 0 Å². The number of carbonyl (C=O) groups is 2. The zero-order chi connectivity index (χ0) is 19.2. The summed E-state index contributed by atoms with van der Waals surface area (Å²) in [6.45, 7) is 2.04. The number of hydrogen-bond acceptors (Lipinski definition) is 4. The van der Waals surface area contributed by atoms with Gasteiger partial charge in [-0.25, -0.2) is 0 Å². The SMILES string of the molecule is CN1CCC(N(C)C(=O)COc2ccc(C(=O)c3ccccc3)cc2)CC1. The Morgan fingerprint density at radius 2 is 1.59 bits per heavy atom. The van der Waals surface area contributed by atoms with Crippen molar-refractivity contribution in [2.75, 3.05) is 33.8 Å². The Labute approximate surface area is 160 Å². The van der Waals surface area contributed by atoms with Gasteiger partial charge in [0.05, 0.1) is 0 Å². The second-order valence-electron chi connectivity index (χ2n) is 7.05. The first-order chi connectivity index (χ1) is 13.0. The van der Waals surface area contributed by atoms with Gasteiger partial charge in [-0.15, -0.1) is 0 Å². The summed E-state index contributed by atoms with van der Waals surface area (Å²) in [5, 5.41) is 0. The maximum absolute atomic E-state index is 12.4. The number of piperidine rings is 1. The smallest absolute Gasteiger partial charge is 0.260 e. The largest absolute Gasteiger partial charge is 0.484 e. The number of carbonyl (C=O) groups excluding carboxylic acids is 2. The molecule has 0 unspecified atom stereocenters. The average molecular weight is 366 g/mol. The molecule has 2 aromatic rings. The molecule has 0 atom stereocenters. The van der Waals surface area contributed by atoms with Crippen molar-refractivity contribution in [3.8, 4) is 5.75 Å². The summed E-state index contributed by atoms with van der Waals surface area (Å²) in [6.07, 6.45) is 1.99. The van der Waals surface area contributed by atoms with Crippen molar-refractivity contribution < 1.29 is 14.3 Å². The van der Waals surface area contributed by atoms with E-state index in [1.165, 1.54) is 0 Å². The molecule has 2 aromatic carbocycles. The van der Waals surface area contributed by atoms with Crippen molar-refractivity contribution in [3.05, 3.63) is 65.7 Å². The minimum Gasteiger partial charge on any atom is -0.484 e. The van der Waals surface area contributed by atoms with Gasteiger partial charge in [-0.1, -0.05) is 30.3 Å². The van der Waals surface area contributed by atoms with Crippen LogP contribution in [0.3, 0.4) is 0 Å². The van der Waals surface area contributed by atoms with Gasteiger partial charge < -0.3 is 14.5 Å². The molecule has 27 heavy (non-hydrogen) atoms. The number of ketones is 1. The third kappa shape index (κ3) is 4.95. The number of likely N-dealkylation sites (tertiary alicyclic amines) is 1. The van der Waals surface area contributed by atoms with Gasteiger partial charge in [-0.3, -0.25) is 9.59 Å². The van der Waals surface area contributed by atoms with Crippen LogP contribution in [0, 0.1) is 0 Å². The third-order valence-corrected chi connectivity index (χ3v) is 5.14. The maximum atomic E-state index is 12.4. The average Bonchev–Trinajstić information content (AvgIpc) is 2.72. The molecule has 1 aliphatic heterocycles. The molecule has 1 saturated heterocycles. The quantitative estimate of drug-likeness (QED) is 0.738. The fraction of sp³-hybridized carbons (Fsp3) is 0.364. The molecule has 1 amide bonds. The highest BCUT2D eigenvalue weighted by molar-refractivity contribution is 6.08. The summed E-state index contributed by atoms with van der Waals surface area (Å²) in [5.41, 5.74) is 1.25. The lowest BCUT2D eigenvalue weighted by Gasteiger charge is -2.35. The molecular weight excluding hydrogens is 340 g/mol. The van der Waals surface area contributed by atoms with Gasteiger partial charge in [0.1, 0.15) is 5.75 Å². The Balaban J connectivity index is 1.52. The van der Waals surface area contributed by atoms with Crippen LogP contribution >= 0.6 is 0 Å². The molecule has 0 spiro atoms. The molecule has 0 radical (unpaired) electrons. The minimum atomic E-state index is -0.0276. The molecule has 5 nitrogen and oxygen atoms in total. The first-order valence-electron chi connectivity index (χ1n) is 9.31. The lowest BCUT2D eigenvalue weighted by atomic mass is 10.0. The van der Waals surface area contributed by atoms with E-state index in [-0.39, 0.29) is 24.3 Å². The molecule has 0 aromatic heterocycles. The molecule has 1 fully saturated rings.